The number of nitrogens with one attached hydrogen (secondary N) is 1. The van der Waals surface area contributed by atoms with Crippen LogP contribution in [0.4, 0.5) is 5.69 Å². The monoisotopic (exact) mass is 306 g/mol. The zero-order valence-corrected chi connectivity index (χ0v) is 13.5. The van der Waals surface area contributed by atoms with Crippen LogP contribution in [-0.4, -0.2) is 5.91 Å². The molecule has 0 saturated carbocycles. The summed E-state index contributed by atoms with van der Waals surface area (Å²) in [6, 6.07) is 19.9. The Bertz CT molecular complexity index is 656. The molecule has 0 heterocycles. The normalized spacial score (nSPS) is 11.5. The number of anilines is 1. The van der Waals surface area contributed by atoms with E-state index in [1.165, 1.54) is 5.56 Å². The van der Waals surface area contributed by atoms with Crippen molar-refractivity contribution in [3.63, 3.8) is 0 Å². The number of amides is 1. The zero-order chi connectivity index (χ0) is 16.5. The van der Waals surface area contributed by atoms with Gasteiger partial charge in [-0.15, -0.1) is 0 Å². The van der Waals surface area contributed by atoms with Gasteiger partial charge in [0.25, 0.3) is 0 Å². The van der Waals surface area contributed by atoms with Crippen molar-refractivity contribution >= 4 is 11.6 Å². The van der Waals surface area contributed by atoms with E-state index in [0.29, 0.717) is 18.8 Å². The van der Waals surface area contributed by atoms with Crippen LogP contribution in [0.2, 0.25) is 0 Å². The first-order valence-corrected chi connectivity index (χ1v) is 7.97. The van der Waals surface area contributed by atoms with Crippen LogP contribution < -0.4 is 5.32 Å². The molecule has 1 atom stereocenters. The predicted octanol–water partition coefficient (Wildman–Crippen LogP) is 4.35. The maximum atomic E-state index is 12.1. The lowest BCUT2D eigenvalue weighted by molar-refractivity contribution is -0.117. The summed E-state index contributed by atoms with van der Waals surface area (Å²) in [5.41, 5.74) is 3.06. The van der Waals surface area contributed by atoms with Gasteiger partial charge in [-0.05, 0) is 42.0 Å². The summed E-state index contributed by atoms with van der Waals surface area (Å²) in [4.78, 5) is 12.1. The highest BCUT2D eigenvalue weighted by Gasteiger charge is 2.09. The number of carbonyl (C=O) groups excluding carboxylic acids is 1. The van der Waals surface area contributed by atoms with Crippen molar-refractivity contribution in [3.05, 3.63) is 65.7 Å². The maximum Gasteiger partial charge on any atom is 0.224 e. The minimum atomic E-state index is 0.0404. The number of benzene rings is 2. The van der Waals surface area contributed by atoms with Gasteiger partial charge in [0.15, 0.2) is 0 Å². The Labute approximate surface area is 138 Å². The van der Waals surface area contributed by atoms with Gasteiger partial charge in [-0.25, -0.2) is 0 Å². The number of nitriles is 1. The van der Waals surface area contributed by atoms with Crippen LogP contribution in [0, 0.1) is 17.2 Å². The zero-order valence-electron chi connectivity index (χ0n) is 13.5. The fourth-order valence-corrected chi connectivity index (χ4v) is 2.49. The molecule has 0 aromatic heterocycles. The van der Waals surface area contributed by atoms with Gasteiger partial charge in [0.05, 0.1) is 12.5 Å². The molecule has 0 radical (unpaired) electrons. The van der Waals surface area contributed by atoms with E-state index < -0.39 is 0 Å². The standard InChI is InChI=1S/C20H22N2O/c1-16(7-8-17-5-3-2-4-6-17)15-20(23)22-19-11-9-18(10-12-19)13-14-21/h2-6,9-12,16H,7-8,13,15H2,1H3,(H,22,23). The number of carbonyl (C=O) groups is 1. The summed E-state index contributed by atoms with van der Waals surface area (Å²) in [5, 5.41) is 11.6. The van der Waals surface area contributed by atoms with Gasteiger partial charge in [0.1, 0.15) is 0 Å². The molecule has 0 bridgehead atoms. The Morgan fingerprint density at radius 2 is 1.78 bits per heavy atom. The van der Waals surface area contributed by atoms with Gasteiger partial charge in [0.2, 0.25) is 5.91 Å². The van der Waals surface area contributed by atoms with Gasteiger partial charge in [-0.2, -0.15) is 5.26 Å². The summed E-state index contributed by atoms with van der Waals surface area (Å²) >= 11 is 0. The van der Waals surface area contributed by atoms with Crippen molar-refractivity contribution in [2.75, 3.05) is 5.32 Å². The SMILES string of the molecule is CC(CCc1ccccc1)CC(=O)Nc1ccc(CC#N)cc1. The lowest BCUT2D eigenvalue weighted by atomic mass is 9.98. The van der Waals surface area contributed by atoms with Gasteiger partial charge in [-0.3, -0.25) is 4.79 Å². The van der Waals surface area contributed by atoms with Crippen LogP contribution in [0.15, 0.2) is 54.6 Å². The van der Waals surface area contributed by atoms with E-state index in [2.05, 4.69) is 30.4 Å². The van der Waals surface area contributed by atoms with E-state index in [4.69, 9.17) is 5.26 Å². The third-order valence-electron chi connectivity index (χ3n) is 3.82. The molecule has 3 heteroatoms. The van der Waals surface area contributed by atoms with Crippen LogP contribution in [0.3, 0.4) is 0 Å². The summed E-state index contributed by atoms with van der Waals surface area (Å²) < 4.78 is 0. The smallest absolute Gasteiger partial charge is 0.224 e. The third kappa shape index (κ3) is 5.96. The van der Waals surface area contributed by atoms with Crippen LogP contribution in [0.5, 0.6) is 0 Å². The van der Waals surface area contributed by atoms with E-state index in [9.17, 15) is 4.79 Å². The molecule has 0 aliphatic heterocycles. The van der Waals surface area contributed by atoms with Crippen LogP contribution in [0.25, 0.3) is 0 Å². The predicted molar refractivity (Wildman–Crippen MR) is 92.9 cm³/mol. The highest BCUT2D eigenvalue weighted by molar-refractivity contribution is 5.90. The second-order valence-electron chi connectivity index (χ2n) is 5.91. The van der Waals surface area contributed by atoms with Gasteiger partial charge >= 0.3 is 0 Å². The number of hydrogen-bond acceptors (Lipinski definition) is 2. The van der Waals surface area contributed by atoms with Gasteiger partial charge < -0.3 is 5.32 Å². The van der Waals surface area contributed by atoms with Crippen molar-refractivity contribution in [3.8, 4) is 6.07 Å². The van der Waals surface area contributed by atoms with Crippen LogP contribution in [-0.2, 0) is 17.6 Å². The van der Waals surface area contributed by atoms with Gasteiger partial charge in [0, 0.05) is 12.1 Å². The Morgan fingerprint density at radius 3 is 2.43 bits per heavy atom. The van der Waals surface area contributed by atoms with Crippen LogP contribution in [0.1, 0.15) is 30.9 Å². The van der Waals surface area contributed by atoms with Crippen molar-refractivity contribution in [2.24, 2.45) is 5.92 Å². The Hall–Kier alpha value is -2.60. The van der Waals surface area contributed by atoms with E-state index in [1.54, 1.807) is 0 Å². The van der Waals surface area contributed by atoms with Crippen molar-refractivity contribution in [1.29, 1.82) is 5.26 Å². The summed E-state index contributed by atoms with van der Waals surface area (Å²) in [7, 11) is 0. The Kier molecular flexibility index (Phi) is 6.38. The minimum Gasteiger partial charge on any atom is -0.326 e. The molecule has 2 aromatic carbocycles. The number of aryl methyl sites for hydroxylation is 1. The second kappa shape index (κ2) is 8.75. The van der Waals surface area contributed by atoms with E-state index in [0.717, 1.165) is 24.1 Å². The number of nitrogens with zero attached hydrogens (tertiary/aromatic N) is 1. The first-order chi connectivity index (χ1) is 11.2. The highest BCUT2D eigenvalue weighted by atomic mass is 16.1. The molecule has 0 saturated heterocycles. The average Bonchev–Trinajstić information content (AvgIpc) is 2.56. The molecule has 2 aromatic rings. The molecule has 23 heavy (non-hydrogen) atoms. The lowest BCUT2D eigenvalue weighted by Crippen LogP contribution is -2.15. The molecule has 1 unspecified atom stereocenters. The highest BCUT2D eigenvalue weighted by Crippen LogP contribution is 2.15. The second-order valence-corrected chi connectivity index (χ2v) is 5.91. The average molecular weight is 306 g/mol. The van der Waals surface area contributed by atoms with Crippen molar-refractivity contribution in [1.82, 2.24) is 0 Å². The third-order valence-corrected chi connectivity index (χ3v) is 3.82. The molecule has 0 fully saturated rings. The molecule has 1 amide bonds. The lowest BCUT2D eigenvalue weighted by Gasteiger charge is -2.12. The molecule has 1 N–H and O–H groups in total. The van der Waals surface area contributed by atoms with E-state index in [1.807, 2.05) is 42.5 Å². The Morgan fingerprint density at radius 1 is 1.09 bits per heavy atom. The molecular weight excluding hydrogens is 284 g/mol. The number of rotatable bonds is 7. The molecule has 0 spiro atoms. The Balaban J connectivity index is 1.76. The quantitative estimate of drug-likeness (QED) is 0.826. The first-order valence-electron chi connectivity index (χ1n) is 7.97. The first kappa shape index (κ1) is 16.8. The molecule has 2 rings (SSSR count). The summed E-state index contributed by atoms with van der Waals surface area (Å²) in [5.74, 6) is 0.381. The summed E-state index contributed by atoms with van der Waals surface area (Å²) in [6.45, 7) is 2.11. The molecular formula is C20H22N2O. The van der Waals surface area contributed by atoms with E-state index in [-0.39, 0.29) is 5.91 Å². The molecule has 118 valence electrons. The minimum absolute atomic E-state index is 0.0404. The summed E-state index contributed by atoms with van der Waals surface area (Å²) in [6.07, 6.45) is 2.91. The maximum absolute atomic E-state index is 12.1. The van der Waals surface area contributed by atoms with Gasteiger partial charge in [-0.1, -0.05) is 49.4 Å². The number of hydrogen-bond donors (Lipinski definition) is 1. The molecule has 0 aliphatic carbocycles. The largest absolute Gasteiger partial charge is 0.326 e. The fourth-order valence-electron chi connectivity index (χ4n) is 2.49. The van der Waals surface area contributed by atoms with Crippen molar-refractivity contribution in [2.45, 2.75) is 32.6 Å². The van der Waals surface area contributed by atoms with E-state index >= 15 is 0 Å². The topological polar surface area (TPSA) is 52.9 Å². The molecule has 3 nitrogen and oxygen atoms in total. The molecule has 0 aliphatic rings. The fraction of sp³-hybridized carbons (Fsp3) is 0.300. The van der Waals surface area contributed by atoms with Crippen LogP contribution >= 0.6 is 0 Å². The van der Waals surface area contributed by atoms with Crippen molar-refractivity contribution < 1.29 is 4.79 Å².